The molecule has 182 valence electrons. The van der Waals surface area contributed by atoms with Gasteiger partial charge in [0.2, 0.25) is 0 Å². The first-order chi connectivity index (χ1) is 16.5. The van der Waals surface area contributed by atoms with E-state index in [-0.39, 0.29) is 11.3 Å². The molecule has 0 heterocycles. The molecule has 0 bridgehead atoms. The van der Waals surface area contributed by atoms with E-state index in [0.29, 0.717) is 22.6 Å². The fourth-order valence-electron chi connectivity index (χ4n) is 3.20. The van der Waals surface area contributed by atoms with Gasteiger partial charge in [-0.2, -0.15) is 0 Å². The zero-order valence-corrected chi connectivity index (χ0v) is 20.6. The maximum absolute atomic E-state index is 12.5. The average molecular weight is 474 g/mol. The number of hydrogen-bond acceptors (Lipinski definition) is 4. The normalized spacial score (nSPS) is 11.8. The molecule has 0 fully saturated rings. The van der Waals surface area contributed by atoms with Crippen LogP contribution in [0.25, 0.3) is 0 Å². The Kier molecular flexibility index (Phi) is 7.91. The summed E-state index contributed by atoms with van der Waals surface area (Å²) in [5.41, 5.74) is 8.40. The van der Waals surface area contributed by atoms with Crippen LogP contribution in [0, 0.1) is 6.92 Å². The van der Waals surface area contributed by atoms with Crippen molar-refractivity contribution >= 4 is 23.4 Å². The summed E-state index contributed by atoms with van der Waals surface area (Å²) in [5, 5.41) is 2.82. The Bertz CT molecular complexity index is 1180. The molecule has 0 radical (unpaired) electrons. The van der Waals surface area contributed by atoms with Gasteiger partial charge >= 0.3 is 0 Å². The van der Waals surface area contributed by atoms with E-state index in [2.05, 4.69) is 36.9 Å². The highest BCUT2D eigenvalue weighted by atomic mass is 16.5. The molecule has 0 aliphatic heterocycles. The molecule has 35 heavy (non-hydrogen) atoms. The van der Waals surface area contributed by atoms with E-state index in [1.54, 1.807) is 55.5 Å². The summed E-state index contributed by atoms with van der Waals surface area (Å²) in [5.74, 6) is -0.651. The number of ether oxygens (including phenoxy) is 1. The minimum absolute atomic E-state index is 0.0110. The van der Waals surface area contributed by atoms with Gasteiger partial charge in [0.1, 0.15) is 5.75 Å². The highest BCUT2D eigenvalue weighted by Gasteiger charge is 2.17. The molecule has 3 rings (SSSR count). The van der Waals surface area contributed by atoms with Crippen LogP contribution in [0.15, 0.2) is 72.8 Å². The van der Waals surface area contributed by atoms with Crippen LogP contribution in [0.1, 0.15) is 59.5 Å². The predicted molar refractivity (Wildman–Crippen MR) is 136 cm³/mol. The summed E-state index contributed by atoms with van der Waals surface area (Å²) in [7, 11) is 0. The molecule has 0 saturated heterocycles. The number of carbonyl (C=O) groups is 3. The Labute approximate surface area is 205 Å². The number of benzene rings is 3. The number of rotatable bonds is 6. The van der Waals surface area contributed by atoms with Gasteiger partial charge in [-0.3, -0.25) is 25.2 Å². The third kappa shape index (κ3) is 7.17. The number of aryl methyl sites for hydroxylation is 1. The van der Waals surface area contributed by atoms with Gasteiger partial charge in [0.05, 0.1) is 0 Å². The van der Waals surface area contributed by atoms with Gasteiger partial charge in [-0.05, 0) is 73.4 Å². The van der Waals surface area contributed by atoms with Crippen molar-refractivity contribution in [2.45, 2.75) is 46.1 Å². The first kappa shape index (κ1) is 25.5. The van der Waals surface area contributed by atoms with E-state index in [0.717, 1.165) is 11.1 Å². The Morgan fingerprint density at radius 1 is 0.743 bits per heavy atom. The van der Waals surface area contributed by atoms with Crippen molar-refractivity contribution in [1.82, 2.24) is 10.9 Å². The number of amides is 3. The summed E-state index contributed by atoms with van der Waals surface area (Å²) in [6.07, 6.45) is -0.798. The Hall–Kier alpha value is -4.13. The molecule has 0 saturated carbocycles. The van der Waals surface area contributed by atoms with Crippen molar-refractivity contribution in [3.05, 3.63) is 95.1 Å². The fourth-order valence-corrected chi connectivity index (χ4v) is 3.20. The van der Waals surface area contributed by atoms with Crippen LogP contribution in [0.2, 0.25) is 0 Å². The summed E-state index contributed by atoms with van der Waals surface area (Å²) < 4.78 is 5.58. The van der Waals surface area contributed by atoms with Crippen LogP contribution in [0.5, 0.6) is 5.75 Å². The summed E-state index contributed by atoms with van der Waals surface area (Å²) in [6.45, 7) is 9.90. The Morgan fingerprint density at radius 2 is 1.29 bits per heavy atom. The maximum Gasteiger partial charge on any atom is 0.279 e. The van der Waals surface area contributed by atoms with E-state index in [1.807, 2.05) is 31.2 Å². The van der Waals surface area contributed by atoms with Gasteiger partial charge in [-0.15, -0.1) is 0 Å². The molecule has 0 unspecified atom stereocenters. The van der Waals surface area contributed by atoms with Gasteiger partial charge in [-0.1, -0.05) is 50.6 Å². The van der Waals surface area contributed by atoms with Crippen LogP contribution in [-0.2, 0) is 10.2 Å². The molecule has 3 aromatic carbocycles. The number of carbonyl (C=O) groups excluding carboxylic acids is 3. The van der Waals surface area contributed by atoms with Crippen molar-refractivity contribution in [3.8, 4) is 5.75 Å². The van der Waals surface area contributed by atoms with Crippen molar-refractivity contribution < 1.29 is 19.1 Å². The summed E-state index contributed by atoms with van der Waals surface area (Å²) >= 11 is 0. The topological polar surface area (TPSA) is 96.5 Å². The zero-order valence-electron chi connectivity index (χ0n) is 20.6. The van der Waals surface area contributed by atoms with Crippen LogP contribution >= 0.6 is 0 Å². The minimum Gasteiger partial charge on any atom is -0.481 e. The molecule has 1 atom stereocenters. The second-order valence-corrected chi connectivity index (χ2v) is 9.38. The van der Waals surface area contributed by atoms with Gasteiger partial charge in [-0.25, -0.2) is 0 Å². The van der Waals surface area contributed by atoms with E-state index in [4.69, 9.17) is 4.74 Å². The minimum atomic E-state index is -0.798. The van der Waals surface area contributed by atoms with E-state index in [9.17, 15) is 14.4 Å². The highest BCUT2D eigenvalue weighted by Crippen LogP contribution is 2.22. The summed E-state index contributed by atoms with van der Waals surface area (Å²) in [4.78, 5) is 37.2. The van der Waals surface area contributed by atoms with Gasteiger partial charge < -0.3 is 10.1 Å². The quantitative estimate of drug-likeness (QED) is 0.449. The second-order valence-electron chi connectivity index (χ2n) is 9.38. The lowest BCUT2D eigenvalue weighted by Gasteiger charge is -2.19. The second kappa shape index (κ2) is 10.9. The largest absolute Gasteiger partial charge is 0.481 e. The molecule has 3 amide bonds. The number of nitrogens with one attached hydrogen (secondary N) is 3. The molecular weight excluding hydrogens is 442 g/mol. The third-order valence-corrected chi connectivity index (χ3v) is 5.42. The Balaban J connectivity index is 1.50. The standard InChI is InChI=1S/C28H31N3O4/c1-18-6-16-24(17-7-18)35-19(2)25(32)30-31-27(34)21-10-14-23(15-11-21)29-26(33)20-8-12-22(13-9-20)28(3,4)5/h6-17,19H,1-5H3,(H,29,33)(H,30,32)(H,31,34)/t19-/m0/s1. The molecule has 3 aromatic rings. The van der Waals surface area contributed by atoms with Crippen molar-refractivity contribution in [2.75, 3.05) is 5.32 Å². The monoisotopic (exact) mass is 473 g/mol. The molecule has 3 N–H and O–H groups in total. The van der Waals surface area contributed by atoms with Crippen molar-refractivity contribution in [2.24, 2.45) is 0 Å². The van der Waals surface area contributed by atoms with Crippen molar-refractivity contribution in [3.63, 3.8) is 0 Å². The lowest BCUT2D eigenvalue weighted by molar-refractivity contribution is -0.128. The zero-order chi connectivity index (χ0) is 25.6. The molecule has 0 aliphatic carbocycles. The van der Waals surface area contributed by atoms with Crippen LogP contribution in [0.3, 0.4) is 0 Å². The van der Waals surface area contributed by atoms with E-state index >= 15 is 0 Å². The smallest absolute Gasteiger partial charge is 0.279 e. The molecule has 7 heteroatoms. The Morgan fingerprint density at radius 3 is 1.86 bits per heavy atom. The predicted octanol–water partition coefficient (Wildman–Crippen LogP) is 4.77. The van der Waals surface area contributed by atoms with Crippen LogP contribution in [0.4, 0.5) is 5.69 Å². The molecule has 0 spiro atoms. The SMILES string of the molecule is Cc1ccc(O[C@@H](C)C(=O)NNC(=O)c2ccc(NC(=O)c3ccc(C(C)(C)C)cc3)cc2)cc1. The molecule has 0 aromatic heterocycles. The van der Waals surface area contributed by atoms with Crippen LogP contribution < -0.4 is 20.9 Å². The van der Waals surface area contributed by atoms with Gasteiger partial charge in [0.25, 0.3) is 17.7 Å². The van der Waals surface area contributed by atoms with Gasteiger partial charge in [0.15, 0.2) is 6.10 Å². The lowest BCUT2D eigenvalue weighted by atomic mass is 9.87. The van der Waals surface area contributed by atoms with Crippen molar-refractivity contribution in [1.29, 1.82) is 0 Å². The average Bonchev–Trinajstić information content (AvgIpc) is 2.83. The van der Waals surface area contributed by atoms with Crippen LogP contribution in [-0.4, -0.2) is 23.8 Å². The maximum atomic E-state index is 12.5. The molecule has 0 aliphatic rings. The van der Waals surface area contributed by atoms with E-state index in [1.165, 1.54) is 0 Å². The molecular formula is C28H31N3O4. The first-order valence-corrected chi connectivity index (χ1v) is 11.4. The fraction of sp³-hybridized carbons (Fsp3) is 0.250. The summed E-state index contributed by atoms with van der Waals surface area (Å²) in [6, 6.07) is 21.2. The van der Waals surface area contributed by atoms with Gasteiger partial charge in [0, 0.05) is 16.8 Å². The first-order valence-electron chi connectivity index (χ1n) is 11.4. The highest BCUT2D eigenvalue weighted by molar-refractivity contribution is 6.04. The number of hydrogen-bond donors (Lipinski definition) is 3. The molecule has 7 nitrogen and oxygen atoms in total. The van der Waals surface area contributed by atoms with E-state index < -0.39 is 17.9 Å². The number of hydrazine groups is 1. The lowest BCUT2D eigenvalue weighted by Crippen LogP contribution is -2.47. The number of anilines is 1. The third-order valence-electron chi connectivity index (χ3n) is 5.42.